The highest BCUT2D eigenvalue weighted by Crippen LogP contribution is 2.32. The van der Waals surface area contributed by atoms with Gasteiger partial charge in [-0.05, 0) is 19.1 Å². The van der Waals surface area contributed by atoms with E-state index in [0.717, 1.165) is 17.0 Å². The lowest BCUT2D eigenvalue weighted by Gasteiger charge is -2.20. The lowest BCUT2D eigenvalue weighted by Crippen LogP contribution is -2.32. The summed E-state index contributed by atoms with van der Waals surface area (Å²) in [5.41, 5.74) is -2.11. The zero-order chi connectivity index (χ0) is 15.3. The fraction of sp³-hybridized carbons (Fsp3) is 0.385. The van der Waals surface area contributed by atoms with Crippen molar-refractivity contribution in [1.82, 2.24) is 4.90 Å². The van der Waals surface area contributed by atoms with Gasteiger partial charge in [-0.25, -0.2) is 4.39 Å². The molecule has 1 aromatic carbocycles. The van der Waals surface area contributed by atoms with Crippen LogP contribution in [0, 0.1) is 17.1 Å². The molecule has 0 aliphatic rings. The normalized spacial score (nSPS) is 11.0. The molecule has 7 heteroatoms. The minimum atomic E-state index is -4.86. The highest BCUT2D eigenvalue weighted by atomic mass is 19.4. The summed E-state index contributed by atoms with van der Waals surface area (Å²) in [6.45, 7) is 1.82. The van der Waals surface area contributed by atoms with Crippen molar-refractivity contribution < 1.29 is 22.4 Å². The summed E-state index contributed by atoms with van der Waals surface area (Å²) in [6, 6.07) is 4.39. The van der Waals surface area contributed by atoms with Crippen LogP contribution in [0.1, 0.15) is 29.3 Å². The molecule has 0 spiro atoms. The maximum Gasteiger partial charge on any atom is 0.419 e. The van der Waals surface area contributed by atoms with Crippen LogP contribution in [0.2, 0.25) is 0 Å². The molecule has 1 aromatic rings. The second kappa shape index (κ2) is 6.37. The molecule has 0 heterocycles. The molecule has 3 nitrogen and oxygen atoms in total. The lowest BCUT2D eigenvalue weighted by atomic mass is 10.1. The van der Waals surface area contributed by atoms with Crippen molar-refractivity contribution in [2.45, 2.75) is 19.5 Å². The van der Waals surface area contributed by atoms with E-state index in [1.54, 1.807) is 6.92 Å². The van der Waals surface area contributed by atoms with E-state index in [4.69, 9.17) is 5.26 Å². The molecule has 0 atom stereocenters. The fourth-order valence-electron chi connectivity index (χ4n) is 1.67. The molecular formula is C13H12F4N2O. The van der Waals surface area contributed by atoms with E-state index in [0.29, 0.717) is 6.07 Å². The largest absolute Gasteiger partial charge is 0.419 e. The van der Waals surface area contributed by atoms with E-state index in [-0.39, 0.29) is 19.5 Å². The Balaban J connectivity index is 3.14. The average Bonchev–Trinajstić information content (AvgIpc) is 2.38. The first-order chi connectivity index (χ1) is 9.32. The first-order valence-electron chi connectivity index (χ1n) is 5.84. The van der Waals surface area contributed by atoms with Crippen molar-refractivity contribution in [2.24, 2.45) is 0 Å². The van der Waals surface area contributed by atoms with Crippen LogP contribution in [0.4, 0.5) is 17.6 Å². The number of rotatable bonds is 4. The van der Waals surface area contributed by atoms with E-state index in [1.807, 2.05) is 6.07 Å². The van der Waals surface area contributed by atoms with Crippen LogP contribution < -0.4 is 0 Å². The fourth-order valence-corrected chi connectivity index (χ4v) is 1.67. The molecule has 1 rings (SSSR count). The summed E-state index contributed by atoms with van der Waals surface area (Å²) in [5.74, 6) is -2.44. The molecular weight excluding hydrogens is 276 g/mol. The van der Waals surface area contributed by atoms with Gasteiger partial charge in [-0.3, -0.25) is 4.79 Å². The SMILES string of the molecule is CCN(CCC#N)C(=O)c1cccc(C(F)(F)F)c1F. The minimum Gasteiger partial charge on any atom is -0.338 e. The van der Waals surface area contributed by atoms with Crippen molar-refractivity contribution in [3.8, 4) is 6.07 Å². The van der Waals surface area contributed by atoms with Gasteiger partial charge in [-0.1, -0.05) is 6.07 Å². The Bertz CT molecular complexity index is 534. The summed E-state index contributed by atoms with van der Waals surface area (Å²) in [6.07, 6.45) is -4.83. The first kappa shape index (κ1) is 16.0. The topological polar surface area (TPSA) is 44.1 Å². The highest BCUT2D eigenvalue weighted by molar-refractivity contribution is 5.94. The van der Waals surface area contributed by atoms with E-state index < -0.39 is 29.0 Å². The van der Waals surface area contributed by atoms with Crippen LogP contribution in [0.3, 0.4) is 0 Å². The summed E-state index contributed by atoms with van der Waals surface area (Å²) in [4.78, 5) is 13.1. The zero-order valence-corrected chi connectivity index (χ0v) is 10.7. The monoisotopic (exact) mass is 288 g/mol. The molecule has 1 amide bonds. The third-order valence-electron chi connectivity index (χ3n) is 2.70. The first-order valence-corrected chi connectivity index (χ1v) is 5.84. The van der Waals surface area contributed by atoms with E-state index in [2.05, 4.69) is 0 Å². The average molecular weight is 288 g/mol. The van der Waals surface area contributed by atoms with Gasteiger partial charge in [0.2, 0.25) is 0 Å². The number of nitrogens with zero attached hydrogens (tertiary/aromatic N) is 2. The number of carbonyl (C=O) groups excluding carboxylic acids is 1. The van der Waals surface area contributed by atoms with Gasteiger partial charge in [0.25, 0.3) is 5.91 Å². The van der Waals surface area contributed by atoms with Crippen LogP contribution in [0.5, 0.6) is 0 Å². The number of halogens is 4. The maximum atomic E-state index is 13.8. The highest BCUT2D eigenvalue weighted by Gasteiger charge is 2.36. The number of alkyl halides is 3. The molecule has 0 aliphatic heterocycles. The second-order valence-corrected chi connectivity index (χ2v) is 3.96. The predicted molar refractivity (Wildman–Crippen MR) is 63.2 cm³/mol. The Morgan fingerprint density at radius 3 is 2.55 bits per heavy atom. The number of amides is 1. The molecule has 20 heavy (non-hydrogen) atoms. The summed E-state index contributed by atoms with van der Waals surface area (Å²) >= 11 is 0. The number of nitriles is 1. The zero-order valence-electron chi connectivity index (χ0n) is 10.7. The molecule has 0 saturated heterocycles. The summed E-state index contributed by atoms with van der Waals surface area (Å²) in [5, 5.41) is 8.46. The van der Waals surface area contributed by atoms with Crippen molar-refractivity contribution in [1.29, 1.82) is 5.26 Å². The number of benzene rings is 1. The Hall–Kier alpha value is -2.10. The maximum absolute atomic E-state index is 13.8. The molecule has 0 saturated carbocycles. The van der Waals surface area contributed by atoms with E-state index >= 15 is 0 Å². The van der Waals surface area contributed by atoms with Gasteiger partial charge in [-0.15, -0.1) is 0 Å². The molecule has 0 unspecified atom stereocenters. The second-order valence-electron chi connectivity index (χ2n) is 3.96. The third-order valence-corrected chi connectivity index (χ3v) is 2.70. The van der Waals surface area contributed by atoms with Crippen molar-refractivity contribution in [3.63, 3.8) is 0 Å². The third kappa shape index (κ3) is 3.47. The number of hydrogen-bond acceptors (Lipinski definition) is 2. The smallest absolute Gasteiger partial charge is 0.338 e. The molecule has 0 N–H and O–H groups in total. The summed E-state index contributed by atoms with van der Waals surface area (Å²) in [7, 11) is 0. The Labute approximate surface area is 113 Å². The van der Waals surface area contributed by atoms with Gasteiger partial charge in [0.05, 0.1) is 23.6 Å². The van der Waals surface area contributed by atoms with Gasteiger partial charge in [-0.2, -0.15) is 18.4 Å². The van der Waals surface area contributed by atoms with Gasteiger partial charge in [0.15, 0.2) is 0 Å². The predicted octanol–water partition coefficient (Wildman–Crippen LogP) is 3.22. The van der Waals surface area contributed by atoms with Gasteiger partial charge in [0, 0.05) is 13.1 Å². The van der Waals surface area contributed by atoms with Gasteiger partial charge in [0.1, 0.15) is 5.82 Å². The Morgan fingerprint density at radius 2 is 2.05 bits per heavy atom. The quantitative estimate of drug-likeness (QED) is 0.798. The molecule has 0 fully saturated rings. The van der Waals surface area contributed by atoms with Crippen LogP contribution in [0.25, 0.3) is 0 Å². The Kier molecular flexibility index (Phi) is 5.08. The minimum absolute atomic E-state index is 0.0279. The number of hydrogen-bond donors (Lipinski definition) is 0. The molecule has 0 aromatic heterocycles. The van der Waals surface area contributed by atoms with Crippen LogP contribution >= 0.6 is 0 Å². The van der Waals surface area contributed by atoms with Crippen molar-refractivity contribution >= 4 is 5.91 Å². The summed E-state index contributed by atoms with van der Waals surface area (Å²) < 4.78 is 51.5. The molecule has 108 valence electrons. The van der Waals surface area contributed by atoms with Crippen molar-refractivity contribution in [3.05, 3.63) is 35.1 Å². The van der Waals surface area contributed by atoms with E-state index in [9.17, 15) is 22.4 Å². The van der Waals surface area contributed by atoms with Crippen LogP contribution in [-0.2, 0) is 6.18 Å². The lowest BCUT2D eigenvalue weighted by molar-refractivity contribution is -0.140. The van der Waals surface area contributed by atoms with E-state index in [1.165, 1.54) is 0 Å². The van der Waals surface area contributed by atoms with Gasteiger partial charge < -0.3 is 4.90 Å². The Morgan fingerprint density at radius 1 is 1.40 bits per heavy atom. The number of carbonyl (C=O) groups is 1. The van der Waals surface area contributed by atoms with Crippen LogP contribution in [-0.4, -0.2) is 23.9 Å². The van der Waals surface area contributed by atoms with Crippen LogP contribution in [0.15, 0.2) is 18.2 Å². The standard InChI is InChI=1S/C13H12F4N2O/c1-2-19(8-4-7-18)12(20)9-5-3-6-10(11(9)14)13(15,16)17/h3,5-6H,2,4,8H2,1H3. The molecule has 0 radical (unpaired) electrons. The molecule has 0 bridgehead atoms. The van der Waals surface area contributed by atoms with Crippen molar-refractivity contribution in [2.75, 3.05) is 13.1 Å². The van der Waals surface area contributed by atoms with Gasteiger partial charge >= 0.3 is 6.18 Å². The molecule has 0 aliphatic carbocycles.